The zero-order valence-corrected chi connectivity index (χ0v) is 15.8. The average Bonchev–Trinajstić information content (AvgIpc) is 2.61. The Balaban J connectivity index is 1.89. The third-order valence-electron chi connectivity index (χ3n) is 4.59. The molecule has 4 heteroatoms. The van der Waals surface area contributed by atoms with Crippen molar-refractivity contribution in [3.05, 3.63) is 87.4 Å². The maximum absolute atomic E-state index is 12.6. The highest BCUT2D eigenvalue weighted by molar-refractivity contribution is 6.30. The number of hydrogen-bond donors (Lipinski definition) is 0. The molecular formula is C22H18Cl2O2. The number of allylic oxidation sites excluding steroid dienone is 3. The summed E-state index contributed by atoms with van der Waals surface area (Å²) in [5.74, 6) is -1.05. The summed E-state index contributed by atoms with van der Waals surface area (Å²) in [5.41, 5.74) is 2.86. The fraction of sp³-hybridized carbons (Fsp3) is 0.182. The normalized spacial score (nSPS) is 20.3. The molecule has 132 valence electrons. The van der Waals surface area contributed by atoms with Crippen molar-refractivity contribution in [3.8, 4) is 0 Å². The van der Waals surface area contributed by atoms with Crippen molar-refractivity contribution in [2.75, 3.05) is 0 Å². The lowest BCUT2D eigenvalue weighted by Crippen LogP contribution is -2.31. The van der Waals surface area contributed by atoms with E-state index >= 15 is 0 Å². The summed E-state index contributed by atoms with van der Waals surface area (Å²) >= 11 is 11.9. The number of Topliss-reactive ketones (excluding diaryl/α,β-unsaturated/α-hetero) is 1. The van der Waals surface area contributed by atoms with Crippen LogP contribution in [-0.2, 0) is 9.59 Å². The smallest absolute Gasteiger partial charge is 0.167 e. The second-order valence-electron chi connectivity index (χ2n) is 6.46. The van der Waals surface area contributed by atoms with Gasteiger partial charge >= 0.3 is 0 Å². The van der Waals surface area contributed by atoms with Crippen LogP contribution in [0.4, 0.5) is 0 Å². The number of carbonyl (C=O) groups is 2. The molecule has 2 atom stereocenters. The second-order valence-corrected chi connectivity index (χ2v) is 7.33. The number of halogens is 2. The summed E-state index contributed by atoms with van der Waals surface area (Å²) in [4.78, 5) is 24.6. The van der Waals surface area contributed by atoms with Crippen molar-refractivity contribution in [1.82, 2.24) is 0 Å². The average molecular weight is 385 g/mol. The fourth-order valence-corrected chi connectivity index (χ4v) is 3.55. The minimum Gasteiger partial charge on any atom is -0.299 e. The molecule has 0 saturated heterocycles. The quantitative estimate of drug-likeness (QED) is 0.615. The van der Waals surface area contributed by atoms with E-state index < -0.39 is 5.92 Å². The summed E-state index contributed by atoms with van der Waals surface area (Å²) in [7, 11) is 0. The van der Waals surface area contributed by atoms with Crippen molar-refractivity contribution in [2.24, 2.45) is 5.92 Å². The van der Waals surface area contributed by atoms with Crippen molar-refractivity contribution < 1.29 is 9.59 Å². The molecule has 0 aromatic heterocycles. The highest BCUT2D eigenvalue weighted by atomic mass is 35.5. The predicted molar refractivity (Wildman–Crippen MR) is 107 cm³/mol. The monoisotopic (exact) mass is 384 g/mol. The summed E-state index contributed by atoms with van der Waals surface area (Å²) in [5, 5.41) is 1.31. The molecule has 26 heavy (non-hydrogen) atoms. The lowest BCUT2D eigenvalue weighted by Gasteiger charge is -2.28. The molecule has 0 heterocycles. The van der Waals surface area contributed by atoms with E-state index in [1.165, 1.54) is 6.92 Å². The first kappa shape index (κ1) is 18.6. The van der Waals surface area contributed by atoms with Gasteiger partial charge in [0.05, 0.1) is 5.92 Å². The van der Waals surface area contributed by atoms with Crippen LogP contribution in [0.1, 0.15) is 30.4 Å². The van der Waals surface area contributed by atoms with E-state index in [2.05, 4.69) is 0 Å². The molecule has 2 nitrogen and oxygen atoms in total. The highest BCUT2D eigenvalue weighted by Gasteiger charge is 2.35. The Morgan fingerprint density at radius 1 is 0.962 bits per heavy atom. The van der Waals surface area contributed by atoms with Gasteiger partial charge in [0.1, 0.15) is 5.78 Å². The van der Waals surface area contributed by atoms with Crippen molar-refractivity contribution in [2.45, 2.75) is 19.3 Å². The van der Waals surface area contributed by atoms with Gasteiger partial charge in [0.25, 0.3) is 0 Å². The summed E-state index contributed by atoms with van der Waals surface area (Å²) < 4.78 is 0. The molecule has 0 bridgehead atoms. The van der Waals surface area contributed by atoms with E-state index in [0.717, 1.165) is 16.7 Å². The van der Waals surface area contributed by atoms with Crippen molar-refractivity contribution in [3.63, 3.8) is 0 Å². The van der Waals surface area contributed by atoms with Gasteiger partial charge in [-0.15, -0.1) is 0 Å². The van der Waals surface area contributed by atoms with Crippen LogP contribution in [0.3, 0.4) is 0 Å². The molecule has 0 fully saturated rings. The number of ketones is 2. The van der Waals surface area contributed by atoms with E-state index in [1.807, 2.05) is 48.6 Å². The van der Waals surface area contributed by atoms with Gasteiger partial charge in [0, 0.05) is 16.0 Å². The Bertz CT molecular complexity index is 877. The largest absolute Gasteiger partial charge is 0.299 e. The first-order chi connectivity index (χ1) is 12.4. The molecule has 0 amide bonds. The van der Waals surface area contributed by atoms with Gasteiger partial charge in [-0.3, -0.25) is 9.59 Å². The third-order valence-corrected chi connectivity index (χ3v) is 5.09. The maximum atomic E-state index is 12.6. The van der Waals surface area contributed by atoms with Crippen molar-refractivity contribution >= 4 is 40.8 Å². The van der Waals surface area contributed by atoms with E-state index in [9.17, 15) is 9.59 Å². The lowest BCUT2D eigenvalue weighted by molar-refractivity contribution is -0.130. The lowest BCUT2D eigenvalue weighted by atomic mass is 9.73. The molecule has 2 aromatic carbocycles. The number of benzene rings is 2. The Morgan fingerprint density at radius 2 is 1.54 bits per heavy atom. The molecule has 0 saturated carbocycles. The topological polar surface area (TPSA) is 34.1 Å². The summed E-state index contributed by atoms with van der Waals surface area (Å²) in [6.45, 7) is 1.48. The van der Waals surface area contributed by atoms with Gasteiger partial charge in [-0.1, -0.05) is 59.6 Å². The second kappa shape index (κ2) is 8.03. The van der Waals surface area contributed by atoms with E-state index in [4.69, 9.17) is 23.2 Å². The van der Waals surface area contributed by atoms with Crippen LogP contribution in [0.5, 0.6) is 0 Å². The molecule has 1 aliphatic carbocycles. The highest BCUT2D eigenvalue weighted by Crippen LogP contribution is 2.37. The van der Waals surface area contributed by atoms with E-state index in [1.54, 1.807) is 18.2 Å². The van der Waals surface area contributed by atoms with Crippen LogP contribution >= 0.6 is 23.2 Å². The Kier molecular flexibility index (Phi) is 5.75. The number of hydrogen-bond acceptors (Lipinski definition) is 2. The van der Waals surface area contributed by atoms with Gasteiger partial charge in [-0.25, -0.2) is 0 Å². The molecule has 0 N–H and O–H groups in total. The van der Waals surface area contributed by atoms with Crippen molar-refractivity contribution in [1.29, 1.82) is 0 Å². The summed E-state index contributed by atoms with van der Waals surface area (Å²) in [6, 6.07) is 14.8. The van der Waals surface area contributed by atoms with E-state index in [0.29, 0.717) is 16.5 Å². The van der Waals surface area contributed by atoms with Crippen LogP contribution in [0.25, 0.3) is 6.08 Å². The first-order valence-electron chi connectivity index (χ1n) is 8.38. The molecule has 2 unspecified atom stereocenters. The summed E-state index contributed by atoms with van der Waals surface area (Å²) in [6.07, 6.45) is 6.09. The maximum Gasteiger partial charge on any atom is 0.167 e. The van der Waals surface area contributed by atoms with Gasteiger partial charge in [-0.05, 0) is 60.4 Å². The van der Waals surface area contributed by atoms with Gasteiger partial charge in [0.15, 0.2) is 5.78 Å². The Labute approximate surface area is 163 Å². The number of rotatable bonds is 4. The molecular weight excluding hydrogens is 367 g/mol. The molecule has 2 aromatic rings. The zero-order valence-electron chi connectivity index (χ0n) is 14.3. The predicted octanol–water partition coefficient (Wildman–Crippen LogP) is 5.89. The van der Waals surface area contributed by atoms with Gasteiger partial charge < -0.3 is 0 Å². The zero-order chi connectivity index (χ0) is 18.7. The minimum absolute atomic E-state index is 0.105. The molecule has 0 aliphatic heterocycles. The van der Waals surface area contributed by atoms with Crippen LogP contribution in [0.15, 0.2) is 66.3 Å². The molecule has 0 radical (unpaired) electrons. The molecule has 3 rings (SSSR count). The minimum atomic E-state index is -0.635. The standard InChI is InChI=1S/C22H18Cl2O2/c1-14(25)22-20(17-6-10-19(24)11-7-17)12-16(13-21(22)26)3-2-15-4-8-18(23)9-5-15/h2-11,13,20,22H,12H2,1H3/b3-2+. The molecule has 0 spiro atoms. The Hall–Kier alpha value is -2.16. The Morgan fingerprint density at radius 3 is 2.12 bits per heavy atom. The van der Waals surface area contributed by atoms with Crippen LogP contribution in [-0.4, -0.2) is 11.6 Å². The van der Waals surface area contributed by atoms with Gasteiger partial charge in [0.2, 0.25) is 0 Å². The first-order valence-corrected chi connectivity index (χ1v) is 9.13. The SMILES string of the molecule is CC(=O)C1C(=O)C=C(/C=C/c2ccc(Cl)cc2)CC1c1ccc(Cl)cc1. The van der Waals surface area contributed by atoms with Crippen LogP contribution in [0, 0.1) is 5.92 Å². The van der Waals surface area contributed by atoms with Gasteiger partial charge in [-0.2, -0.15) is 0 Å². The van der Waals surface area contributed by atoms with Crippen LogP contribution in [0.2, 0.25) is 10.0 Å². The van der Waals surface area contributed by atoms with Crippen LogP contribution < -0.4 is 0 Å². The fourth-order valence-electron chi connectivity index (χ4n) is 3.30. The number of carbonyl (C=O) groups excluding carboxylic acids is 2. The third kappa shape index (κ3) is 4.32. The molecule has 1 aliphatic rings. The van der Waals surface area contributed by atoms with E-state index in [-0.39, 0.29) is 17.5 Å².